The number of carbonyl (C=O) groups is 1. The Bertz CT molecular complexity index is 442. The molecule has 1 aliphatic carbocycles. The number of hydrogen-bond donors (Lipinski definition) is 2. The topological polar surface area (TPSA) is 75.3 Å². The first kappa shape index (κ1) is 16.6. The van der Waals surface area contributed by atoms with Gasteiger partial charge in [-0.2, -0.15) is 0 Å². The van der Waals surface area contributed by atoms with E-state index in [1.54, 1.807) is 0 Å². The molecule has 0 aromatic rings. The van der Waals surface area contributed by atoms with Crippen molar-refractivity contribution in [1.82, 2.24) is 10.6 Å². The van der Waals surface area contributed by atoms with Gasteiger partial charge in [-0.1, -0.05) is 19.8 Å². The summed E-state index contributed by atoms with van der Waals surface area (Å²) in [6.45, 7) is 3.49. The van der Waals surface area contributed by atoms with Crippen molar-refractivity contribution in [2.75, 3.05) is 24.6 Å². The SMILES string of the molecule is CC1CCC(CNC(=O)NCC2CCCS(=O)(=O)C2)CC1. The van der Waals surface area contributed by atoms with E-state index >= 15 is 0 Å². The van der Waals surface area contributed by atoms with Gasteiger partial charge in [0.15, 0.2) is 9.84 Å². The summed E-state index contributed by atoms with van der Waals surface area (Å²) in [6, 6.07) is -0.156. The molecule has 0 aromatic heterocycles. The van der Waals surface area contributed by atoms with E-state index in [1.807, 2.05) is 0 Å². The number of rotatable bonds is 4. The quantitative estimate of drug-likeness (QED) is 0.832. The molecule has 1 saturated heterocycles. The van der Waals surface area contributed by atoms with E-state index in [-0.39, 0.29) is 17.7 Å². The maximum absolute atomic E-state index is 11.8. The van der Waals surface area contributed by atoms with Gasteiger partial charge in [-0.15, -0.1) is 0 Å². The third-order valence-electron chi connectivity index (χ3n) is 4.80. The van der Waals surface area contributed by atoms with Gasteiger partial charge in [0.25, 0.3) is 0 Å². The van der Waals surface area contributed by atoms with E-state index in [4.69, 9.17) is 0 Å². The van der Waals surface area contributed by atoms with Gasteiger partial charge in [0.05, 0.1) is 11.5 Å². The van der Waals surface area contributed by atoms with Crippen molar-refractivity contribution >= 4 is 15.9 Å². The van der Waals surface area contributed by atoms with Crippen molar-refractivity contribution in [1.29, 1.82) is 0 Å². The maximum atomic E-state index is 11.8. The van der Waals surface area contributed by atoms with E-state index < -0.39 is 9.84 Å². The van der Waals surface area contributed by atoms with Gasteiger partial charge < -0.3 is 10.6 Å². The molecule has 0 aromatic carbocycles. The van der Waals surface area contributed by atoms with E-state index in [0.717, 1.165) is 25.3 Å². The standard InChI is InChI=1S/C15H28N2O3S/c1-12-4-6-13(7-5-12)9-16-15(18)17-10-14-3-2-8-21(19,20)11-14/h12-14H,2-11H2,1H3,(H2,16,17,18). The third kappa shape index (κ3) is 5.85. The lowest BCUT2D eigenvalue weighted by atomic mass is 9.83. The third-order valence-corrected chi connectivity index (χ3v) is 6.69. The zero-order chi connectivity index (χ0) is 15.3. The van der Waals surface area contributed by atoms with Crippen molar-refractivity contribution in [3.63, 3.8) is 0 Å². The molecule has 6 heteroatoms. The number of urea groups is 1. The second kappa shape index (κ2) is 7.47. The molecule has 122 valence electrons. The molecule has 0 bridgehead atoms. The maximum Gasteiger partial charge on any atom is 0.314 e. The van der Waals surface area contributed by atoms with Crippen LogP contribution in [0.4, 0.5) is 4.79 Å². The highest BCUT2D eigenvalue weighted by Crippen LogP contribution is 2.27. The number of amides is 2. The normalized spacial score (nSPS) is 32.3. The molecule has 21 heavy (non-hydrogen) atoms. The molecule has 1 saturated carbocycles. The summed E-state index contributed by atoms with van der Waals surface area (Å²) >= 11 is 0. The van der Waals surface area contributed by atoms with Crippen LogP contribution >= 0.6 is 0 Å². The van der Waals surface area contributed by atoms with Crippen molar-refractivity contribution in [3.05, 3.63) is 0 Å². The predicted octanol–water partition coefficient (Wildman–Crippen LogP) is 1.94. The van der Waals surface area contributed by atoms with Crippen molar-refractivity contribution in [2.45, 2.75) is 45.4 Å². The van der Waals surface area contributed by atoms with E-state index in [0.29, 0.717) is 18.2 Å². The summed E-state index contributed by atoms with van der Waals surface area (Å²) < 4.78 is 23.1. The molecule has 1 unspecified atom stereocenters. The molecule has 2 rings (SSSR count). The first-order chi connectivity index (χ1) is 9.94. The number of nitrogens with one attached hydrogen (secondary N) is 2. The number of hydrogen-bond acceptors (Lipinski definition) is 3. The Balaban J connectivity index is 1.61. The molecule has 0 spiro atoms. The zero-order valence-electron chi connectivity index (χ0n) is 12.9. The molecule has 2 amide bonds. The lowest BCUT2D eigenvalue weighted by molar-refractivity contribution is 0.231. The molecular weight excluding hydrogens is 288 g/mol. The number of carbonyl (C=O) groups excluding carboxylic acids is 1. The number of sulfone groups is 1. The molecule has 2 aliphatic rings. The fourth-order valence-corrected chi connectivity index (χ4v) is 5.12. The lowest BCUT2D eigenvalue weighted by Gasteiger charge is -2.26. The van der Waals surface area contributed by atoms with Crippen LogP contribution in [0.25, 0.3) is 0 Å². The fourth-order valence-electron chi connectivity index (χ4n) is 3.35. The molecular formula is C15H28N2O3S. The minimum atomic E-state index is -2.89. The van der Waals surface area contributed by atoms with Gasteiger partial charge in [-0.3, -0.25) is 0 Å². The molecule has 2 fully saturated rings. The van der Waals surface area contributed by atoms with Crippen molar-refractivity contribution in [3.8, 4) is 0 Å². The van der Waals surface area contributed by atoms with Gasteiger partial charge in [-0.25, -0.2) is 13.2 Å². The average molecular weight is 316 g/mol. The van der Waals surface area contributed by atoms with Crippen LogP contribution in [0.2, 0.25) is 0 Å². The molecule has 0 radical (unpaired) electrons. The highest BCUT2D eigenvalue weighted by Gasteiger charge is 2.25. The molecule has 1 atom stereocenters. The fraction of sp³-hybridized carbons (Fsp3) is 0.933. The Morgan fingerprint density at radius 3 is 2.24 bits per heavy atom. The van der Waals surface area contributed by atoms with Crippen LogP contribution in [0.5, 0.6) is 0 Å². The smallest absolute Gasteiger partial charge is 0.314 e. The van der Waals surface area contributed by atoms with Crippen LogP contribution in [0.15, 0.2) is 0 Å². The average Bonchev–Trinajstić information content (AvgIpc) is 2.43. The van der Waals surface area contributed by atoms with E-state index in [9.17, 15) is 13.2 Å². The second-order valence-electron chi connectivity index (χ2n) is 6.84. The van der Waals surface area contributed by atoms with Crippen molar-refractivity contribution in [2.24, 2.45) is 17.8 Å². The molecule has 1 aliphatic heterocycles. The molecule has 2 N–H and O–H groups in total. The van der Waals surface area contributed by atoms with Crippen LogP contribution < -0.4 is 10.6 Å². The summed E-state index contributed by atoms with van der Waals surface area (Å²) in [6.07, 6.45) is 6.52. The Morgan fingerprint density at radius 1 is 1.00 bits per heavy atom. The monoisotopic (exact) mass is 316 g/mol. The predicted molar refractivity (Wildman–Crippen MR) is 83.9 cm³/mol. The summed E-state index contributed by atoms with van der Waals surface area (Å²) in [5.41, 5.74) is 0. The van der Waals surface area contributed by atoms with Gasteiger partial charge in [0.2, 0.25) is 0 Å². The highest BCUT2D eigenvalue weighted by molar-refractivity contribution is 7.91. The Morgan fingerprint density at radius 2 is 1.62 bits per heavy atom. The van der Waals surface area contributed by atoms with Crippen LogP contribution in [0, 0.1) is 17.8 Å². The van der Waals surface area contributed by atoms with Crippen molar-refractivity contribution < 1.29 is 13.2 Å². The minimum Gasteiger partial charge on any atom is -0.338 e. The minimum absolute atomic E-state index is 0.0741. The summed E-state index contributed by atoms with van der Waals surface area (Å²) in [4.78, 5) is 11.8. The van der Waals surface area contributed by atoms with Crippen LogP contribution in [0.1, 0.15) is 45.4 Å². The van der Waals surface area contributed by atoms with E-state index in [1.165, 1.54) is 25.7 Å². The Hall–Kier alpha value is -0.780. The molecule has 1 heterocycles. The first-order valence-corrected chi connectivity index (χ1v) is 9.99. The van der Waals surface area contributed by atoms with Gasteiger partial charge in [-0.05, 0) is 43.4 Å². The van der Waals surface area contributed by atoms with Crippen LogP contribution in [-0.2, 0) is 9.84 Å². The van der Waals surface area contributed by atoms with Crippen LogP contribution in [0.3, 0.4) is 0 Å². The van der Waals surface area contributed by atoms with E-state index in [2.05, 4.69) is 17.6 Å². The summed E-state index contributed by atoms with van der Waals surface area (Å²) in [5, 5.41) is 5.75. The Labute approximate surface area is 128 Å². The summed E-state index contributed by atoms with van der Waals surface area (Å²) in [5.74, 6) is 2.01. The van der Waals surface area contributed by atoms with Gasteiger partial charge in [0, 0.05) is 13.1 Å². The first-order valence-electron chi connectivity index (χ1n) is 8.17. The van der Waals surface area contributed by atoms with Gasteiger partial charge >= 0.3 is 6.03 Å². The highest BCUT2D eigenvalue weighted by atomic mass is 32.2. The Kier molecular flexibility index (Phi) is 5.90. The zero-order valence-corrected chi connectivity index (χ0v) is 13.8. The second-order valence-corrected chi connectivity index (χ2v) is 9.07. The van der Waals surface area contributed by atoms with Gasteiger partial charge in [0.1, 0.15) is 0 Å². The largest absolute Gasteiger partial charge is 0.338 e. The molecule has 5 nitrogen and oxygen atoms in total. The summed E-state index contributed by atoms with van der Waals surface area (Å²) in [7, 11) is -2.89. The van der Waals surface area contributed by atoms with Crippen LogP contribution in [-0.4, -0.2) is 39.0 Å². The lowest BCUT2D eigenvalue weighted by Crippen LogP contribution is -2.42.